The molecule has 0 aromatic heterocycles. The van der Waals surface area contributed by atoms with Crippen LogP contribution >= 0.6 is 0 Å². The van der Waals surface area contributed by atoms with Crippen LogP contribution in [-0.4, -0.2) is 64.0 Å². The molecule has 0 aliphatic carbocycles. The number of hydrogen-bond donors (Lipinski definition) is 2. The van der Waals surface area contributed by atoms with Crippen molar-refractivity contribution in [1.29, 1.82) is 0 Å². The van der Waals surface area contributed by atoms with Gasteiger partial charge in [-0.15, -0.1) is 0 Å². The summed E-state index contributed by atoms with van der Waals surface area (Å²) in [5, 5.41) is 12.9. The number of hydroxylamine groups is 2. The third-order valence-corrected chi connectivity index (χ3v) is 3.30. The lowest BCUT2D eigenvalue weighted by Crippen LogP contribution is -2.58. The van der Waals surface area contributed by atoms with Gasteiger partial charge in [0.05, 0.1) is 5.54 Å². The number of carbonyl (C=O) groups excluding carboxylic acids is 2. The number of carbonyl (C=O) groups is 2. The Balaban J connectivity index is 3.13. The van der Waals surface area contributed by atoms with Crippen LogP contribution in [0.3, 0.4) is 0 Å². The fourth-order valence-electron chi connectivity index (χ4n) is 2.69. The highest BCUT2D eigenvalue weighted by Crippen LogP contribution is 2.34. The van der Waals surface area contributed by atoms with E-state index in [1.807, 2.05) is 27.7 Å². The number of nitrogens with zero attached hydrogens (tertiary/aromatic N) is 3. The molecular weight excluding hydrogens is 236 g/mol. The van der Waals surface area contributed by atoms with Gasteiger partial charge in [-0.2, -0.15) is 5.06 Å². The van der Waals surface area contributed by atoms with Crippen molar-refractivity contribution in [1.82, 2.24) is 20.2 Å². The Morgan fingerprint density at radius 1 is 1.50 bits per heavy atom. The van der Waals surface area contributed by atoms with Gasteiger partial charge in [-0.25, -0.2) is 9.59 Å². The van der Waals surface area contributed by atoms with E-state index < -0.39 is 17.7 Å². The second-order valence-corrected chi connectivity index (χ2v) is 5.28. The molecule has 1 fully saturated rings. The Bertz CT molecular complexity index is 356. The first-order valence-electron chi connectivity index (χ1n) is 5.92. The van der Waals surface area contributed by atoms with Crippen molar-refractivity contribution in [3.63, 3.8) is 0 Å². The highest BCUT2D eigenvalue weighted by Gasteiger charge is 2.54. The molecule has 0 aromatic rings. The molecule has 1 aliphatic heterocycles. The van der Waals surface area contributed by atoms with E-state index in [0.717, 1.165) is 0 Å². The second kappa shape index (κ2) is 4.64. The van der Waals surface area contributed by atoms with E-state index in [0.29, 0.717) is 5.06 Å². The summed E-state index contributed by atoms with van der Waals surface area (Å²) in [6.45, 7) is 7.45. The van der Waals surface area contributed by atoms with E-state index in [9.17, 15) is 14.8 Å². The van der Waals surface area contributed by atoms with E-state index in [1.165, 1.54) is 11.9 Å². The van der Waals surface area contributed by atoms with E-state index in [4.69, 9.17) is 0 Å². The van der Waals surface area contributed by atoms with Crippen LogP contribution in [0.25, 0.3) is 0 Å². The summed E-state index contributed by atoms with van der Waals surface area (Å²) in [7, 11) is 3.00. The fraction of sp³-hybridized carbons (Fsp3) is 0.818. The summed E-state index contributed by atoms with van der Waals surface area (Å²) in [6.07, 6.45) is -0.729. The summed E-state index contributed by atoms with van der Waals surface area (Å²) in [5.74, 6) is 0. The van der Waals surface area contributed by atoms with Crippen LogP contribution in [-0.2, 0) is 0 Å². The molecule has 0 radical (unpaired) electrons. The minimum absolute atomic E-state index is 0.0157. The first-order chi connectivity index (χ1) is 8.16. The van der Waals surface area contributed by atoms with Crippen molar-refractivity contribution in [2.75, 3.05) is 14.1 Å². The van der Waals surface area contributed by atoms with Crippen molar-refractivity contribution < 1.29 is 14.8 Å². The molecule has 0 aromatic carbocycles. The number of hydrogen-bond acceptors (Lipinski definition) is 3. The van der Waals surface area contributed by atoms with E-state index >= 15 is 0 Å². The predicted octanol–water partition coefficient (Wildman–Crippen LogP) is 0.897. The van der Waals surface area contributed by atoms with Crippen LogP contribution in [0.15, 0.2) is 0 Å². The van der Waals surface area contributed by atoms with Crippen LogP contribution in [0.5, 0.6) is 0 Å². The van der Waals surface area contributed by atoms with E-state index in [1.54, 1.807) is 11.9 Å². The third-order valence-electron chi connectivity index (χ3n) is 3.30. The van der Waals surface area contributed by atoms with Crippen LogP contribution in [0.1, 0.15) is 27.7 Å². The van der Waals surface area contributed by atoms with Gasteiger partial charge in [-0.05, 0) is 27.7 Å². The SMILES string of the molecule is CNC(=O)N(O)[C@@H]1N(C)C(=O)N(C(C)C)C1(C)C. The van der Waals surface area contributed by atoms with Gasteiger partial charge in [0.2, 0.25) is 0 Å². The zero-order chi connectivity index (χ0) is 14.2. The Labute approximate surface area is 107 Å². The molecule has 1 heterocycles. The van der Waals surface area contributed by atoms with Gasteiger partial charge in [-0.3, -0.25) is 5.21 Å². The number of likely N-dealkylation sites (N-methyl/N-ethyl adjacent to an activating group) is 1. The zero-order valence-corrected chi connectivity index (χ0v) is 11.8. The summed E-state index contributed by atoms with van der Waals surface area (Å²) < 4.78 is 0. The lowest BCUT2D eigenvalue weighted by atomic mass is 9.99. The standard InChI is InChI=1S/C11H22N4O3/c1-7(2)14-10(17)13(6)8(11(14,3)4)15(18)9(16)12-5/h7-8,18H,1-6H3,(H,12,16)/t8-/m0/s1. The Kier molecular flexibility index (Phi) is 3.75. The Morgan fingerprint density at radius 3 is 2.33 bits per heavy atom. The summed E-state index contributed by atoms with van der Waals surface area (Å²) in [6, 6.07) is -0.862. The van der Waals surface area contributed by atoms with Crippen LogP contribution in [0, 0.1) is 0 Å². The normalized spacial score (nSPS) is 22.7. The quantitative estimate of drug-likeness (QED) is 0.570. The highest BCUT2D eigenvalue weighted by molar-refractivity contribution is 5.81. The lowest BCUT2D eigenvalue weighted by molar-refractivity contribution is -0.130. The molecule has 2 N–H and O–H groups in total. The molecule has 0 unspecified atom stereocenters. The van der Waals surface area contributed by atoms with Crippen molar-refractivity contribution >= 4 is 12.1 Å². The van der Waals surface area contributed by atoms with Gasteiger partial charge in [-0.1, -0.05) is 0 Å². The predicted molar refractivity (Wildman–Crippen MR) is 66.1 cm³/mol. The molecule has 1 atom stereocenters. The molecule has 0 spiro atoms. The number of nitrogens with one attached hydrogen (secondary N) is 1. The van der Waals surface area contributed by atoms with Crippen molar-refractivity contribution in [2.24, 2.45) is 0 Å². The van der Waals surface area contributed by atoms with E-state index in [-0.39, 0.29) is 12.1 Å². The maximum atomic E-state index is 12.2. The first kappa shape index (κ1) is 14.6. The van der Waals surface area contributed by atoms with Crippen LogP contribution in [0.4, 0.5) is 9.59 Å². The first-order valence-corrected chi connectivity index (χ1v) is 5.92. The lowest BCUT2D eigenvalue weighted by Gasteiger charge is -2.39. The maximum Gasteiger partial charge on any atom is 0.342 e. The minimum Gasteiger partial charge on any atom is -0.339 e. The number of rotatable bonds is 2. The second-order valence-electron chi connectivity index (χ2n) is 5.28. The third kappa shape index (κ3) is 1.98. The molecule has 0 saturated carbocycles. The molecule has 7 heteroatoms. The average molecular weight is 258 g/mol. The number of urea groups is 2. The smallest absolute Gasteiger partial charge is 0.339 e. The fourth-order valence-corrected chi connectivity index (χ4v) is 2.69. The molecule has 1 aliphatic rings. The van der Waals surface area contributed by atoms with E-state index in [2.05, 4.69) is 5.32 Å². The molecule has 104 valence electrons. The zero-order valence-electron chi connectivity index (χ0n) is 11.8. The monoisotopic (exact) mass is 258 g/mol. The molecule has 4 amide bonds. The summed E-state index contributed by atoms with van der Waals surface area (Å²) in [4.78, 5) is 26.7. The average Bonchev–Trinajstić information content (AvgIpc) is 2.43. The Hall–Kier alpha value is -1.50. The van der Waals surface area contributed by atoms with Crippen LogP contribution in [0.2, 0.25) is 0 Å². The largest absolute Gasteiger partial charge is 0.342 e. The minimum atomic E-state index is -0.729. The van der Waals surface area contributed by atoms with Crippen molar-refractivity contribution in [3.05, 3.63) is 0 Å². The molecule has 1 saturated heterocycles. The van der Waals surface area contributed by atoms with Gasteiger partial charge in [0.1, 0.15) is 0 Å². The van der Waals surface area contributed by atoms with Crippen LogP contribution < -0.4 is 5.32 Å². The maximum absolute atomic E-state index is 12.2. The molecular formula is C11H22N4O3. The molecule has 7 nitrogen and oxygen atoms in total. The highest BCUT2D eigenvalue weighted by atomic mass is 16.5. The number of amides is 4. The molecule has 1 rings (SSSR count). The summed E-state index contributed by atoms with van der Waals surface area (Å²) >= 11 is 0. The van der Waals surface area contributed by atoms with Gasteiger partial charge < -0.3 is 15.1 Å². The van der Waals surface area contributed by atoms with Crippen molar-refractivity contribution in [3.8, 4) is 0 Å². The summed E-state index contributed by atoms with van der Waals surface area (Å²) in [5.41, 5.74) is -0.679. The van der Waals surface area contributed by atoms with Crippen molar-refractivity contribution in [2.45, 2.75) is 45.4 Å². The van der Waals surface area contributed by atoms with Gasteiger partial charge in [0, 0.05) is 20.1 Å². The van der Waals surface area contributed by atoms with Gasteiger partial charge >= 0.3 is 12.1 Å². The topological polar surface area (TPSA) is 76.1 Å². The molecule has 0 bridgehead atoms. The van der Waals surface area contributed by atoms with Gasteiger partial charge in [0.15, 0.2) is 6.17 Å². The molecule has 18 heavy (non-hydrogen) atoms. The Morgan fingerprint density at radius 2 is 2.00 bits per heavy atom. The van der Waals surface area contributed by atoms with Gasteiger partial charge in [0.25, 0.3) is 0 Å².